The fraction of sp³-hybridized carbons (Fsp3) is 0.143. The molecule has 1 atom stereocenters. The van der Waals surface area contributed by atoms with Crippen LogP contribution in [0.5, 0.6) is 0 Å². The van der Waals surface area contributed by atoms with Gasteiger partial charge in [-0.3, -0.25) is 0 Å². The van der Waals surface area contributed by atoms with Gasteiger partial charge in [-0.15, -0.1) is 0 Å². The Balaban J connectivity index is 1.95. The molecule has 0 nitrogen and oxygen atoms in total. The molecule has 0 heterocycles. The second-order valence-corrected chi connectivity index (χ2v) is 6.42. The minimum absolute atomic E-state index is 0.504. The summed E-state index contributed by atoms with van der Waals surface area (Å²) in [7, 11) is 0. The van der Waals surface area contributed by atoms with E-state index < -0.39 is 46.5 Å². The molecule has 1 unspecified atom stereocenters. The van der Waals surface area contributed by atoms with E-state index in [1.165, 1.54) is 6.92 Å². The van der Waals surface area contributed by atoms with Crippen molar-refractivity contribution >= 4 is 0 Å². The normalized spacial score (nSPS) is 14.2. The van der Waals surface area contributed by atoms with Crippen LogP contribution >= 0.6 is 0 Å². The van der Waals surface area contributed by atoms with Crippen LogP contribution in [0.25, 0.3) is 11.1 Å². The van der Waals surface area contributed by atoms with Crippen LogP contribution in [0.1, 0.15) is 35.4 Å². The molecule has 0 aliphatic heterocycles. The first kappa shape index (κ1) is 16.8. The topological polar surface area (TPSA) is 0 Å². The van der Waals surface area contributed by atoms with Crippen LogP contribution in [0.15, 0.2) is 48.5 Å². The number of benzene rings is 3. The quantitative estimate of drug-likeness (QED) is 0.286. The van der Waals surface area contributed by atoms with Gasteiger partial charge in [0.1, 0.15) is 0 Å². The fourth-order valence-electron chi connectivity index (χ4n) is 3.92. The van der Waals surface area contributed by atoms with Gasteiger partial charge < -0.3 is 0 Å². The van der Waals surface area contributed by atoms with Gasteiger partial charge in [0.15, 0.2) is 23.3 Å². The van der Waals surface area contributed by atoms with E-state index in [2.05, 4.69) is 0 Å². The zero-order valence-electron chi connectivity index (χ0n) is 13.7. The Kier molecular flexibility index (Phi) is 3.83. The fourth-order valence-corrected chi connectivity index (χ4v) is 3.92. The summed E-state index contributed by atoms with van der Waals surface area (Å²) in [4.78, 5) is 0. The average molecular weight is 360 g/mol. The largest absolute Gasteiger partial charge is 0.203 e. The van der Waals surface area contributed by atoms with E-state index in [0.717, 1.165) is 22.3 Å². The van der Waals surface area contributed by atoms with Crippen LogP contribution in [0.3, 0.4) is 0 Å². The summed E-state index contributed by atoms with van der Waals surface area (Å²) in [5.74, 6) is -10.9. The van der Waals surface area contributed by atoms with Crippen LogP contribution in [-0.2, 0) is 0 Å². The van der Waals surface area contributed by atoms with Crippen LogP contribution in [-0.4, -0.2) is 0 Å². The molecule has 0 N–H and O–H groups in total. The van der Waals surface area contributed by atoms with Crippen molar-refractivity contribution in [2.24, 2.45) is 0 Å². The summed E-state index contributed by atoms with van der Waals surface area (Å²) in [6.07, 6.45) is 0. The average Bonchev–Trinajstić information content (AvgIpc) is 2.99. The predicted molar refractivity (Wildman–Crippen MR) is 88.4 cm³/mol. The van der Waals surface area contributed by atoms with Crippen LogP contribution in [0, 0.1) is 29.1 Å². The number of rotatable bonds is 2. The Bertz CT molecular complexity index is 950. The van der Waals surface area contributed by atoms with Crippen molar-refractivity contribution in [2.75, 3.05) is 0 Å². The molecule has 4 rings (SSSR count). The highest BCUT2D eigenvalue weighted by atomic mass is 19.2. The van der Waals surface area contributed by atoms with Crippen LogP contribution in [0.2, 0.25) is 0 Å². The van der Waals surface area contributed by atoms with Gasteiger partial charge in [-0.05, 0) is 28.2 Å². The first-order chi connectivity index (χ1) is 12.4. The zero-order valence-corrected chi connectivity index (χ0v) is 13.7. The number of halogens is 5. The smallest absolute Gasteiger partial charge is 0.200 e. The lowest BCUT2D eigenvalue weighted by Crippen LogP contribution is -2.15. The maximum Gasteiger partial charge on any atom is 0.200 e. The molecule has 26 heavy (non-hydrogen) atoms. The lowest BCUT2D eigenvalue weighted by Gasteiger charge is -2.23. The van der Waals surface area contributed by atoms with Gasteiger partial charge in [-0.2, -0.15) is 0 Å². The summed E-state index contributed by atoms with van der Waals surface area (Å²) in [5.41, 5.74) is 2.65. The molecule has 0 radical (unpaired) electrons. The molecule has 0 saturated carbocycles. The Morgan fingerprint density at radius 1 is 0.615 bits per heavy atom. The first-order valence-corrected chi connectivity index (χ1v) is 8.13. The molecule has 0 bridgehead atoms. The van der Waals surface area contributed by atoms with Crippen molar-refractivity contribution < 1.29 is 22.0 Å². The van der Waals surface area contributed by atoms with E-state index in [1.807, 2.05) is 36.4 Å². The number of hydrogen-bond donors (Lipinski definition) is 0. The van der Waals surface area contributed by atoms with Gasteiger partial charge in [0, 0.05) is 11.5 Å². The lowest BCUT2D eigenvalue weighted by molar-refractivity contribution is 0.363. The summed E-state index contributed by atoms with van der Waals surface area (Å²) < 4.78 is 69.4. The van der Waals surface area contributed by atoms with E-state index >= 15 is 0 Å². The first-order valence-electron chi connectivity index (χ1n) is 8.13. The third-order valence-corrected chi connectivity index (χ3v) is 5.08. The summed E-state index contributed by atoms with van der Waals surface area (Å²) >= 11 is 0. The van der Waals surface area contributed by atoms with Gasteiger partial charge in [-0.25, -0.2) is 22.0 Å². The molecule has 0 fully saturated rings. The molecule has 1 aliphatic rings. The van der Waals surface area contributed by atoms with Crippen molar-refractivity contribution in [1.82, 2.24) is 0 Å². The predicted octanol–water partition coefficient (Wildman–Crippen LogP) is 6.30. The molecule has 0 aromatic heterocycles. The van der Waals surface area contributed by atoms with E-state index in [1.54, 1.807) is 12.1 Å². The summed E-state index contributed by atoms with van der Waals surface area (Å²) in [5, 5.41) is 0. The number of fused-ring (bicyclic) bond motifs is 3. The lowest BCUT2D eigenvalue weighted by atomic mass is 9.80. The molecule has 132 valence electrons. The van der Waals surface area contributed by atoms with E-state index in [0.29, 0.717) is 0 Å². The Labute approximate surface area is 146 Å². The molecule has 0 spiro atoms. The van der Waals surface area contributed by atoms with Crippen LogP contribution < -0.4 is 0 Å². The highest BCUT2D eigenvalue weighted by molar-refractivity contribution is 5.79. The van der Waals surface area contributed by atoms with Crippen LogP contribution in [0.4, 0.5) is 22.0 Å². The van der Waals surface area contributed by atoms with E-state index in [4.69, 9.17) is 0 Å². The molecule has 0 saturated heterocycles. The van der Waals surface area contributed by atoms with E-state index in [9.17, 15) is 22.0 Å². The Morgan fingerprint density at radius 3 is 1.46 bits per heavy atom. The molecular weight excluding hydrogens is 347 g/mol. The highest BCUT2D eigenvalue weighted by Gasteiger charge is 2.37. The second-order valence-electron chi connectivity index (χ2n) is 6.42. The van der Waals surface area contributed by atoms with Gasteiger partial charge in [-0.1, -0.05) is 55.5 Å². The van der Waals surface area contributed by atoms with Crippen molar-refractivity contribution in [1.29, 1.82) is 0 Å². The van der Waals surface area contributed by atoms with Gasteiger partial charge in [0.05, 0.1) is 0 Å². The minimum Gasteiger partial charge on any atom is -0.203 e. The van der Waals surface area contributed by atoms with Crippen molar-refractivity contribution in [3.63, 3.8) is 0 Å². The Hall–Kier alpha value is -2.69. The maximum absolute atomic E-state index is 14.3. The summed E-state index contributed by atoms with van der Waals surface area (Å²) in [6.45, 7) is 1.49. The number of hydrogen-bond acceptors (Lipinski definition) is 0. The molecular formula is C21H13F5. The molecule has 3 aromatic carbocycles. The highest BCUT2D eigenvalue weighted by Crippen LogP contribution is 2.51. The van der Waals surface area contributed by atoms with E-state index in [-0.39, 0.29) is 0 Å². The standard InChI is InChI=1S/C21H13F5/c1-10(16-17(22)19(24)21(26)20(25)18(16)23)15-13-8-4-2-6-11(13)12-7-3-5-9-14(12)15/h2-10,15H,1H3. The Morgan fingerprint density at radius 2 is 1.00 bits per heavy atom. The van der Waals surface area contributed by atoms with Crippen molar-refractivity contribution in [3.8, 4) is 11.1 Å². The third-order valence-electron chi connectivity index (χ3n) is 5.08. The monoisotopic (exact) mass is 360 g/mol. The molecule has 3 aromatic rings. The maximum atomic E-state index is 14.3. The SMILES string of the molecule is CC(c1c(F)c(F)c(F)c(F)c1F)C1c2ccccc2-c2ccccc21. The zero-order chi connectivity index (χ0) is 18.6. The minimum atomic E-state index is -2.14. The van der Waals surface area contributed by atoms with Gasteiger partial charge in [0.25, 0.3) is 0 Å². The van der Waals surface area contributed by atoms with Crippen molar-refractivity contribution in [3.05, 3.63) is 94.3 Å². The third kappa shape index (κ3) is 2.19. The second kappa shape index (κ2) is 5.94. The van der Waals surface area contributed by atoms with Gasteiger partial charge >= 0.3 is 0 Å². The molecule has 5 heteroatoms. The van der Waals surface area contributed by atoms with Gasteiger partial charge in [0.2, 0.25) is 5.82 Å². The molecule has 0 amide bonds. The van der Waals surface area contributed by atoms with Crippen molar-refractivity contribution in [2.45, 2.75) is 18.8 Å². The molecule has 1 aliphatic carbocycles. The summed E-state index contributed by atoms with van der Waals surface area (Å²) in [6, 6.07) is 14.7.